The maximum atomic E-state index is 12.3. The summed E-state index contributed by atoms with van der Waals surface area (Å²) >= 11 is 0. The topological polar surface area (TPSA) is 77.1 Å². The molecule has 0 fully saturated rings. The summed E-state index contributed by atoms with van der Waals surface area (Å²) < 4.78 is 35.2. The van der Waals surface area contributed by atoms with Crippen molar-refractivity contribution in [3.63, 3.8) is 0 Å². The molecule has 48 heavy (non-hydrogen) atoms. The van der Waals surface area contributed by atoms with Crippen molar-refractivity contribution in [2.24, 2.45) is 0 Å². The SMILES string of the molecule is CCCCCCCCCCCCCCCCCCCCOCC(COP(=O)([O-])OCC[N+](C)(C)C)OCCCCCCCCCCCC. The van der Waals surface area contributed by atoms with Crippen LogP contribution in [0.5, 0.6) is 0 Å². The average Bonchev–Trinajstić information content (AvgIpc) is 3.04. The predicted molar refractivity (Wildman–Crippen MR) is 204 cm³/mol. The first-order chi connectivity index (χ1) is 23.2. The number of hydrogen-bond donors (Lipinski definition) is 0. The lowest BCUT2D eigenvalue weighted by Gasteiger charge is -2.28. The Bertz CT molecular complexity index is 689. The van der Waals surface area contributed by atoms with E-state index in [1.807, 2.05) is 21.1 Å². The Kier molecular flexibility index (Phi) is 35.4. The molecule has 8 heteroatoms. The Morgan fingerprint density at radius 3 is 1.21 bits per heavy atom. The third kappa shape index (κ3) is 38.8. The van der Waals surface area contributed by atoms with Gasteiger partial charge in [0.1, 0.15) is 19.3 Å². The monoisotopic (exact) mass is 706 g/mol. The molecule has 0 aromatic heterocycles. The van der Waals surface area contributed by atoms with Gasteiger partial charge >= 0.3 is 0 Å². The number of hydrogen-bond acceptors (Lipinski definition) is 6. The van der Waals surface area contributed by atoms with E-state index in [0.717, 1.165) is 19.3 Å². The summed E-state index contributed by atoms with van der Waals surface area (Å²) in [5.41, 5.74) is 0. The number of phosphoric acid groups is 1. The first-order valence-electron chi connectivity index (χ1n) is 20.8. The number of phosphoric ester groups is 1. The minimum absolute atomic E-state index is 0.0674. The highest BCUT2D eigenvalue weighted by Crippen LogP contribution is 2.38. The summed E-state index contributed by atoms with van der Waals surface area (Å²) in [6.07, 6.45) is 36.7. The summed E-state index contributed by atoms with van der Waals surface area (Å²) in [7, 11) is 1.61. The quantitative estimate of drug-likeness (QED) is 0.0359. The maximum absolute atomic E-state index is 12.3. The molecule has 0 bridgehead atoms. The van der Waals surface area contributed by atoms with Gasteiger partial charge in [-0.3, -0.25) is 4.57 Å². The van der Waals surface area contributed by atoms with Crippen LogP contribution in [0.25, 0.3) is 0 Å². The number of quaternary nitrogens is 1. The van der Waals surface area contributed by atoms with Crippen molar-refractivity contribution in [2.45, 2.75) is 200 Å². The van der Waals surface area contributed by atoms with E-state index in [0.29, 0.717) is 30.8 Å². The number of unbranched alkanes of at least 4 members (excludes halogenated alkanes) is 26. The molecule has 2 atom stereocenters. The second-order valence-corrected chi connectivity index (χ2v) is 16.8. The van der Waals surface area contributed by atoms with Crippen molar-refractivity contribution in [2.75, 3.05) is 60.7 Å². The molecule has 0 saturated heterocycles. The molecule has 0 aliphatic heterocycles. The van der Waals surface area contributed by atoms with Crippen LogP contribution in [0.4, 0.5) is 0 Å². The van der Waals surface area contributed by atoms with Gasteiger partial charge < -0.3 is 27.9 Å². The highest BCUT2D eigenvalue weighted by atomic mass is 31.2. The molecule has 0 saturated carbocycles. The molecule has 0 radical (unpaired) electrons. The molecule has 0 N–H and O–H groups in total. The van der Waals surface area contributed by atoms with Crippen LogP contribution in [0, 0.1) is 0 Å². The molecule has 290 valence electrons. The third-order valence-corrected chi connectivity index (χ3v) is 10.2. The largest absolute Gasteiger partial charge is 0.756 e. The van der Waals surface area contributed by atoms with Crippen LogP contribution in [0.2, 0.25) is 0 Å². The fraction of sp³-hybridized carbons (Fsp3) is 1.00. The first kappa shape index (κ1) is 48.0. The summed E-state index contributed by atoms with van der Waals surface area (Å²) in [6, 6.07) is 0. The lowest BCUT2D eigenvalue weighted by Crippen LogP contribution is -2.37. The lowest BCUT2D eigenvalue weighted by atomic mass is 10.0. The normalized spacial score (nSPS) is 14.0. The van der Waals surface area contributed by atoms with Crippen molar-refractivity contribution < 1.29 is 32.5 Å². The van der Waals surface area contributed by atoms with E-state index >= 15 is 0 Å². The summed E-state index contributed by atoms with van der Waals surface area (Å²) in [5.74, 6) is 0. The average molecular weight is 706 g/mol. The van der Waals surface area contributed by atoms with Crippen molar-refractivity contribution >= 4 is 7.82 Å². The second-order valence-electron chi connectivity index (χ2n) is 15.4. The van der Waals surface area contributed by atoms with Crippen LogP contribution >= 0.6 is 7.82 Å². The van der Waals surface area contributed by atoms with E-state index in [-0.39, 0.29) is 13.2 Å². The Labute approximate surface area is 300 Å². The van der Waals surface area contributed by atoms with E-state index < -0.39 is 13.9 Å². The van der Waals surface area contributed by atoms with Gasteiger partial charge in [-0.1, -0.05) is 181 Å². The van der Waals surface area contributed by atoms with Crippen LogP contribution in [0.3, 0.4) is 0 Å². The molecule has 0 aliphatic carbocycles. The fourth-order valence-electron chi connectivity index (χ4n) is 5.94. The second kappa shape index (κ2) is 35.4. The minimum Gasteiger partial charge on any atom is -0.756 e. The third-order valence-electron chi connectivity index (χ3n) is 9.23. The van der Waals surface area contributed by atoms with Crippen LogP contribution < -0.4 is 4.89 Å². The number of nitrogens with zero attached hydrogens (tertiary/aromatic N) is 1. The van der Waals surface area contributed by atoms with Crippen LogP contribution in [0.1, 0.15) is 194 Å². The van der Waals surface area contributed by atoms with Crippen LogP contribution in [-0.2, 0) is 23.1 Å². The van der Waals surface area contributed by atoms with Gasteiger partial charge in [-0.2, -0.15) is 0 Å². The molecule has 0 aromatic rings. The van der Waals surface area contributed by atoms with Gasteiger partial charge in [-0.15, -0.1) is 0 Å². The van der Waals surface area contributed by atoms with Gasteiger partial charge in [0.15, 0.2) is 0 Å². The van der Waals surface area contributed by atoms with Crippen molar-refractivity contribution in [1.82, 2.24) is 0 Å². The van der Waals surface area contributed by atoms with Crippen LogP contribution in [0.15, 0.2) is 0 Å². The Balaban J connectivity index is 3.99. The van der Waals surface area contributed by atoms with Gasteiger partial charge in [0.2, 0.25) is 0 Å². The van der Waals surface area contributed by atoms with Crippen molar-refractivity contribution in [3.8, 4) is 0 Å². The molecule has 7 nitrogen and oxygen atoms in total. The highest BCUT2D eigenvalue weighted by molar-refractivity contribution is 7.45. The molecule has 2 unspecified atom stereocenters. The summed E-state index contributed by atoms with van der Waals surface area (Å²) in [4.78, 5) is 12.3. The predicted octanol–water partition coefficient (Wildman–Crippen LogP) is 11.6. The van der Waals surface area contributed by atoms with E-state index in [9.17, 15) is 9.46 Å². The zero-order valence-electron chi connectivity index (χ0n) is 33.0. The Morgan fingerprint density at radius 2 is 0.833 bits per heavy atom. The Morgan fingerprint density at radius 1 is 0.479 bits per heavy atom. The zero-order chi connectivity index (χ0) is 35.4. The summed E-state index contributed by atoms with van der Waals surface area (Å²) in [6.45, 7) is 6.77. The molecule has 0 rings (SSSR count). The van der Waals surface area contributed by atoms with Gasteiger partial charge in [-0.05, 0) is 12.8 Å². The van der Waals surface area contributed by atoms with Gasteiger partial charge in [0.25, 0.3) is 7.82 Å². The number of rotatable bonds is 40. The standard InChI is InChI=1S/C40H84NO6P/c1-6-8-10-12-14-16-18-19-20-21-22-23-24-25-26-28-30-32-35-44-38-40(39-47-48(42,43)46-37-34-41(3,4)5)45-36-33-31-29-27-17-15-13-11-9-7-2/h40H,6-39H2,1-5H3. The van der Waals surface area contributed by atoms with E-state index in [1.165, 1.54) is 161 Å². The highest BCUT2D eigenvalue weighted by Gasteiger charge is 2.18. The molecular weight excluding hydrogens is 621 g/mol. The van der Waals surface area contributed by atoms with Crippen molar-refractivity contribution in [1.29, 1.82) is 0 Å². The molecule has 0 heterocycles. The zero-order valence-corrected chi connectivity index (χ0v) is 33.9. The van der Waals surface area contributed by atoms with E-state index in [2.05, 4.69) is 13.8 Å². The van der Waals surface area contributed by atoms with Gasteiger partial charge in [-0.25, -0.2) is 0 Å². The number of ether oxygens (including phenoxy) is 2. The molecule has 0 spiro atoms. The van der Waals surface area contributed by atoms with Gasteiger partial charge in [0.05, 0.1) is 34.4 Å². The van der Waals surface area contributed by atoms with Crippen LogP contribution in [-0.4, -0.2) is 71.3 Å². The number of likely N-dealkylation sites (N-methyl/N-ethyl adjacent to an activating group) is 1. The van der Waals surface area contributed by atoms with E-state index in [4.69, 9.17) is 18.5 Å². The molecule has 0 aromatic carbocycles. The van der Waals surface area contributed by atoms with Crippen molar-refractivity contribution in [3.05, 3.63) is 0 Å². The van der Waals surface area contributed by atoms with E-state index in [1.54, 1.807) is 0 Å². The minimum atomic E-state index is -4.38. The smallest absolute Gasteiger partial charge is 0.268 e. The summed E-state index contributed by atoms with van der Waals surface area (Å²) in [5, 5.41) is 0. The maximum Gasteiger partial charge on any atom is 0.268 e. The van der Waals surface area contributed by atoms with Gasteiger partial charge in [0, 0.05) is 13.2 Å². The first-order valence-corrected chi connectivity index (χ1v) is 22.3. The molecular formula is C40H84NO6P. The molecule has 0 aliphatic rings. The Hall–Kier alpha value is -0.0100. The molecule has 0 amide bonds. The lowest BCUT2D eigenvalue weighted by molar-refractivity contribution is -0.870. The fourth-order valence-corrected chi connectivity index (χ4v) is 6.67.